The van der Waals surface area contributed by atoms with Gasteiger partial charge in [-0.1, -0.05) is 17.7 Å². The highest BCUT2D eigenvalue weighted by atomic mass is 35.5. The second-order valence-electron chi connectivity index (χ2n) is 4.08. The molecule has 0 aliphatic heterocycles. The quantitative estimate of drug-likeness (QED) is 0.866. The average Bonchev–Trinajstić information content (AvgIpc) is 3.10. The highest BCUT2D eigenvalue weighted by Crippen LogP contribution is 2.23. The smallest absolute Gasteiger partial charge is 0.407 e. The normalized spacial score (nSPS) is 14.5. The summed E-state index contributed by atoms with van der Waals surface area (Å²) in [5.74, 6) is 0. The van der Waals surface area contributed by atoms with Crippen molar-refractivity contribution in [1.82, 2.24) is 5.32 Å². The van der Waals surface area contributed by atoms with Crippen LogP contribution in [-0.2, 0) is 17.8 Å². The minimum atomic E-state index is -0.379. The predicted molar refractivity (Wildman–Crippen MR) is 65.7 cm³/mol. The molecule has 4 nitrogen and oxygen atoms in total. The van der Waals surface area contributed by atoms with Gasteiger partial charge in [0.1, 0.15) is 6.10 Å². The van der Waals surface area contributed by atoms with Gasteiger partial charge in [-0.15, -0.1) is 0 Å². The highest BCUT2D eigenvalue weighted by molar-refractivity contribution is 6.30. The van der Waals surface area contributed by atoms with Crippen molar-refractivity contribution < 1.29 is 9.53 Å². The molecule has 1 fully saturated rings. The van der Waals surface area contributed by atoms with Crippen LogP contribution in [0.1, 0.15) is 24.0 Å². The maximum Gasteiger partial charge on any atom is 0.407 e. The van der Waals surface area contributed by atoms with Gasteiger partial charge in [-0.2, -0.15) is 0 Å². The molecule has 5 heteroatoms. The number of benzene rings is 1. The molecule has 0 bridgehead atoms. The lowest BCUT2D eigenvalue weighted by molar-refractivity contribution is 0.138. The Morgan fingerprint density at radius 1 is 1.47 bits per heavy atom. The summed E-state index contributed by atoms with van der Waals surface area (Å²) in [5.41, 5.74) is 7.51. The van der Waals surface area contributed by atoms with Crippen LogP contribution in [0.2, 0.25) is 5.02 Å². The molecular weight excluding hydrogens is 240 g/mol. The molecule has 17 heavy (non-hydrogen) atoms. The molecule has 1 aromatic carbocycles. The van der Waals surface area contributed by atoms with Gasteiger partial charge >= 0.3 is 6.09 Å². The zero-order chi connectivity index (χ0) is 12.3. The van der Waals surface area contributed by atoms with Crippen LogP contribution in [0.3, 0.4) is 0 Å². The van der Waals surface area contributed by atoms with Crippen LogP contribution in [-0.4, -0.2) is 12.2 Å². The minimum absolute atomic E-state index is 0.114. The van der Waals surface area contributed by atoms with Gasteiger partial charge in [0, 0.05) is 18.1 Å². The first-order chi connectivity index (χ1) is 8.19. The van der Waals surface area contributed by atoms with E-state index in [1.54, 1.807) is 12.1 Å². The van der Waals surface area contributed by atoms with Crippen LogP contribution < -0.4 is 11.1 Å². The van der Waals surface area contributed by atoms with Crippen molar-refractivity contribution in [3.8, 4) is 0 Å². The summed E-state index contributed by atoms with van der Waals surface area (Å²) in [6.45, 7) is 0.810. The number of alkyl carbamates (subject to hydrolysis) is 1. The molecule has 0 aromatic heterocycles. The molecule has 0 atom stereocenters. The summed E-state index contributed by atoms with van der Waals surface area (Å²) in [4.78, 5) is 11.4. The number of amides is 1. The maximum atomic E-state index is 11.4. The molecule has 0 saturated heterocycles. The molecule has 0 spiro atoms. The van der Waals surface area contributed by atoms with Gasteiger partial charge in [0.05, 0.1) is 0 Å². The maximum absolute atomic E-state index is 11.4. The SMILES string of the molecule is NCc1ccc(Cl)cc1CNC(=O)OC1CC1. The molecule has 1 aliphatic carbocycles. The van der Waals surface area contributed by atoms with Crippen LogP contribution in [0.25, 0.3) is 0 Å². The fourth-order valence-electron chi connectivity index (χ4n) is 1.50. The molecule has 0 heterocycles. The molecule has 1 saturated carbocycles. The largest absolute Gasteiger partial charge is 0.446 e. The fraction of sp³-hybridized carbons (Fsp3) is 0.417. The van der Waals surface area contributed by atoms with E-state index < -0.39 is 0 Å². The van der Waals surface area contributed by atoms with Crippen molar-refractivity contribution in [2.75, 3.05) is 0 Å². The number of hydrogen-bond donors (Lipinski definition) is 2. The first-order valence-electron chi connectivity index (χ1n) is 5.61. The topological polar surface area (TPSA) is 64.3 Å². The number of hydrogen-bond acceptors (Lipinski definition) is 3. The zero-order valence-electron chi connectivity index (χ0n) is 9.41. The second kappa shape index (κ2) is 5.38. The Bertz CT molecular complexity index is 419. The molecule has 1 amide bonds. The summed E-state index contributed by atoms with van der Waals surface area (Å²) >= 11 is 5.90. The van der Waals surface area contributed by atoms with Crippen LogP contribution in [0, 0.1) is 0 Å². The van der Waals surface area contributed by atoms with E-state index in [0.29, 0.717) is 18.1 Å². The number of halogens is 1. The Morgan fingerprint density at radius 2 is 2.24 bits per heavy atom. The van der Waals surface area contributed by atoms with Gasteiger partial charge in [-0.3, -0.25) is 0 Å². The van der Waals surface area contributed by atoms with Gasteiger partial charge in [-0.05, 0) is 36.1 Å². The molecule has 1 aromatic rings. The van der Waals surface area contributed by atoms with Crippen molar-refractivity contribution in [2.45, 2.75) is 32.0 Å². The number of carbonyl (C=O) groups excluding carboxylic acids is 1. The van der Waals surface area contributed by atoms with E-state index in [1.807, 2.05) is 6.07 Å². The second-order valence-corrected chi connectivity index (χ2v) is 4.51. The number of rotatable bonds is 4. The van der Waals surface area contributed by atoms with Crippen LogP contribution in [0.15, 0.2) is 18.2 Å². The molecule has 3 N–H and O–H groups in total. The van der Waals surface area contributed by atoms with E-state index in [1.165, 1.54) is 0 Å². The number of carbonyl (C=O) groups is 1. The van der Waals surface area contributed by atoms with Crippen LogP contribution in [0.5, 0.6) is 0 Å². The summed E-state index contributed by atoms with van der Waals surface area (Å²) in [5, 5.41) is 3.33. The Hall–Kier alpha value is -1.26. The van der Waals surface area contributed by atoms with Crippen molar-refractivity contribution in [2.24, 2.45) is 5.73 Å². The van der Waals surface area contributed by atoms with E-state index in [0.717, 1.165) is 24.0 Å². The summed E-state index contributed by atoms with van der Waals surface area (Å²) in [6, 6.07) is 5.46. The van der Waals surface area contributed by atoms with E-state index >= 15 is 0 Å². The first kappa shape index (κ1) is 12.2. The first-order valence-corrected chi connectivity index (χ1v) is 5.98. The monoisotopic (exact) mass is 254 g/mol. The summed E-state index contributed by atoms with van der Waals surface area (Å²) in [7, 11) is 0. The van der Waals surface area contributed by atoms with E-state index in [2.05, 4.69) is 5.32 Å². The lowest BCUT2D eigenvalue weighted by atomic mass is 10.1. The Morgan fingerprint density at radius 3 is 2.88 bits per heavy atom. The average molecular weight is 255 g/mol. The predicted octanol–water partition coefficient (Wildman–Crippen LogP) is 2.19. The standard InChI is InChI=1S/C12H15ClN2O2/c13-10-2-1-8(6-14)9(5-10)7-15-12(16)17-11-3-4-11/h1-2,5,11H,3-4,6-7,14H2,(H,15,16). The third-order valence-corrected chi connectivity index (χ3v) is 2.84. The van der Waals surface area contributed by atoms with E-state index in [-0.39, 0.29) is 12.2 Å². The van der Waals surface area contributed by atoms with Gasteiger partial charge in [0.15, 0.2) is 0 Å². The highest BCUT2D eigenvalue weighted by Gasteiger charge is 2.25. The van der Waals surface area contributed by atoms with Crippen molar-refractivity contribution in [1.29, 1.82) is 0 Å². The number of ether oxygens (including phenoxy) is 1. The molecule has 1 aliphatic rings. The van der Waals surface area contributed by atoms with Crippen molar-refractivity contribution >= 4 is 17.7 Å². The summed E-state index contributed by atoms with van der Waals surface area (Å²) < 4.78 is 5.07. The third kappa shape index (κ3) is 3.61. The lowest BCUT2D eigenvalue weighted by Crippen LogP contribution is -2.25. The molecule has 0 radical (unpaired) electrons. The van der Waals surface area contributed by atoms with Gasteiger partial charge in [0.2, 0.25) is 0 Å². The van der Waals surface area contributed by atoms with Crippen LogP contribution >= 0.6 is 11.6 Å². The van der Waals surface area contributed by atoms with Gasteiger partial charge in [-0.25, -0.2) is 4.79 Å². The minimum Gasteiger partial charge on any atom is -0.446 e. The van der Waals surface area contributed by atoms with E-state index in [4.69, 9.17) is 22.1 Å². The fourth-order valence-corrected chi connectivity index (χ4v) is 1.70. The Kier molecular flexibility index (Phi) is 3.86. The molecule has 92 valence electrons. The zero-order valence-corrected chi connectivity index (χ0v) is 10.2. The Balaban J connectivity index is 1.92. The van der Waals surface area contributed by atoms with Crippen molar-refractivity contribution in [3.05, 3.63) is 34.3 Å². The van der Waals surface area contributed by atoms with E-state index in [9.17, 15) is 4.79 Å². The summed E-state index contributed by atoms with van der Waals surface area (Å²) in [6.07, 6.45) is 1.68. The van der Waals surface area contributed by atoms with Crippen LogP contribution in [0.4, 0.5) is 4.79 Å². The molecule has 2 rings (SSSR count). The third-order valence-electron chi connectivity index (χ3n) is 2.61. The lowest BCUT2D eigenvalue weighted by Gasteiger charge is -2.10. The number of nitrogens with two attached hydrogens (primary N) is 1. The van der Waals surface area contributed by atoms with Gasteiger partial charge < -0.3 is 15.8 Å². The van der Waals surface area contributed by atoms with Crippen molar-refractivity contribution in [3.63, 3.8) is 0 Å². The Labute approximate surface area is 105 Å². The molecular formula is C12H15ClN2O2. The van der Waals surface area contributed by atoms with Gasteiger partial charge in [0.25, 0.3) is 0 Å². The number of nitrogens with one attached hydrogen (secondary N) is 1. The molecule has 0 unspecified atom stereocenters.